The summed E-state index contributed by atoms with van der Waals surface area (Å²) in [6, 6.07) is 0. The number of halogens is 1. The molecule has 0 radical (unpaired) electrons. The third kappa shape index (κ3) is 3.41. The van der Waals surface area contributed by atoms with Crippen LogP contribution < -0.4 is 5.73 Å². The summed E-state index contributed by atoms with van der Waals surface area (Å²) in [5.74, 6) is -0.269. The molecule has 3 nitrogen and oxygen atoms in total. The Morgan fingerprint density at radius 3 is 2.25 bits per heavy atom. The number of hydrogen-bond acceptors (Lipinski definition) is 3. The minimum Gasteiger partial charge on any atom is -0.444 e. The van der Waals surface area contributed by atoms with Crippen molar-refractivity contribution >= 4 is 18.4 Å². The lowest BCUT2D eigenvalue weighted by atomic mass is 9.92. The molecule has 1 aliphatic carbocycles. The SMILES string of the molecule is CC(=O)OC1(N)CCCCC1.Cl. The normalized spacial score (nSPS) is 20.8. The molecule has 0 unspecified atom stereocenters. The third-order valence-corrected chi connectivity index (χ3v) is 2.05. The Hall–Kier alpha value is -0.280. The van der Waals surface area contributed by atoms with Gasteiger partial charge < -0.3 is 4.74 Å². The molecule has 72 valence electrons. The summed E-state index contributed by atoms with van der Waals surface area (Å²) in [5, 5.41) is 0. The van der Waals surface area contributed by atoms with Crippen LogP contribution in [0.2, 0.25) is 0 Å². The van der Waals surface area contributed by atoms with Crippen molar-refractivity contribution in [3.05, 3.63) is 0 Å². The lowest BCUT2D eigenvalue weighted by Crippen LogP contribution is -2.45. The van der Waals surface area contributed by atoms with E-state index in [0.29, 0.717) is 0 Å². The van der Waals surface area contributed by atoms with E-state index in [4.69, 9.17) is 10.5 Å². The topological polar surface area (TPSA) is 52.3 Å². The van der Waals surface area contributed by atoms with Crippen LogP contribution in [0, 0.1) is 0 Å². The third-order valence-electron chi connectivity index (χ3n) is 2.05. The van der Waals surface area contributed by atoms with Crippen molar-refractivity contribution in [2.45, 2.75) is 44.8 Å². The summed E-state index contributed by atoms with van der Waals surface area (Å²) in [4.78, 5) is 10.6. The fourth-order valence-corrected chi connectivity index (χ4v) is 1.54. The Labute approximate surface area is 79.1 Å². The summed E-state index contributed by atoms with van der Waals surface area (Å²) in [7, 11) is 0. The van der Waals surface area contributed by atoms with Gasteiger partial charge in [-0.1, -0.05) is 6.42 Å². The first-order chi connectivity index (χ1) is 5.12. The van der Waals surface area contributed by atoms with Crippen LogP contribution in [0.1, 0.15) is 39.0 Å². The van der Waals surface area contributed by atoms with Gasteiger partial charge >= 0.3 is 5.97 Å². The zero-order valence-corrected chi connectivity index (χ0v) is 8.15. The summed E-state index contributed by atoms with van der Waals surface area (Å²) in [5.41, 5.74) is 5.17. The molecule has 0 amide bonds. The van der Waals surface area contributed by atoms with E-state index < -0.39 is 5.72 Å². The summed E-state index contributed by atoms with van der Waals surface area (Å²) >= 11 is 0. The monoisotopic (exact) mass is 193 g/mol. The average Bonchev–Trinajstić information content (AvgIpc) is 1.85. The van der Waals surface area contributed by atoms with E-state index in [1.54, 1.807) is 0 Å². The second-order valence-electron chi connectivity index (χ2n) is 3.22. The molecule has 0 aliphatic heterocycles. The largest absolute Gasteiger partial charge is 0.444 e. The number of ether oxygens (including phenoxy) is 1. The van der Waals surface area contributed by atoms with Crippen molar-refractivity contribution in [1.29, 1.82) is 0 Å². The number of carbonyl (C=O) groups is 1. The molecule has 2 N–H and O–H groups in total. The predicted octanol–water partition coefficient (Wildman–Crippen LogP) is 1.59. The van der Waals surface area contributed by atoms with Crippen molar-refractivity contribution in [3.63, 3.8) is 0 Å². The van der Waals surface area contributed by atoms with Crippen LogP contribution in [0.5, 0.6) is 0 Å². The van der Waals surface area contributed by atoms with Gasteiger partial charge in [-0.3, -0.25) is 10.5 Å². The first kappa shape index (κ1) is 11.7. The van der Waals surface area contributed by atoms with Crippen LogP contribution in [0.4, 0.5) is 0 Å². The first-order valence-electron chi connectivity index (χ1n) is 4.11. The smallest absolute Gasteiger partial charge is 0.304 e. The van der Waals surface area contributed by atoms with Crippen molar-refractivity contribution in [2.75, 3.05) is 0 Å². The number of nitrogens with two attached hydrogens (primary N) is 1. The Bertz CT molecular complexity index is 155. The molecule has 1 rings (SSSR count). The summed E-state index contributed by atoms with van der Waals surface area (Å²) in [6.45, 7) is 1.41. The van der Waals surface area contributed by atoms with Gasteiger partial charge in [0.05, 0.1) is 0 Å². The predicted molar refractivity (Wildman–Crippen MR) is 49.0 cm³/mol. The second-order valence-corrected chi connectivity index (χ2v) is 3.22. The summed E-state index contributed by atoms with van der Waals surface area (Å²) in [6.07, 6.45) is 4.98. The van der Waals surface area contributed by atoms with Crippen molar-refractivity contribution in [3.8, 4) is 0 Å². The highest BCUT2D eigenvalue weighted by atomic mass is 35.5. The maximum absolute atomic E-state index is 10.6. The molecular formula is C8H16ClNO2. The summed E-state index contributed by atoms with van der Waals surface area (Å²) < 4.78 is 5.02. The van der Waals surface area contributed by atoms with Gasteiger partial charge in [-0.25, -0.2) is 0 Å². The first-order valence-corrected chi connectivity index (χ1v) is 4.11. The van der Waals surface area contributed by atoms with Crippen LogP contribution >= 0.6 is 12.4 Å². The molecule has 0 saturated heterocycles. The van der Waals surface area contributed by atoms with Crippen LogP contribution in [0.25, 0.3) is 0 Å². The Balaban J connectivity index is 0.00000121. The van der Waals surface area contributed by atoms with Gasteiger partial charge in [-0.15, -0.1) is 12.4 Å². The number of hydrogen-bond donors (Lipinski definition) is 1. The molecule has 0 aromatic rings. The highest BCUT2D eigenvalue weighted by Crippen LogP contribution is 2.26. The second kappa shape index (κ2) is 4.67. The molecule has 0 spiro atoms. The minimum absolute atomic E-state index is 0. The zero-order chi connectivity index (χ0) is 8.32. The lowest BCUT2D eigenvalue weighted by Gasteiger charge is -2.32. The van der Waals surface area contributed by atoms with Crippen molar-refractivity contribution < 1.29 is 9.53 Å². The minimum atomic E-state index is -0.649. The molecular weight excluding hydrogens is 178 g/mol. The van der Waals surface area contributed by atoms with Crippen LogP contribution in [0.3, 0.4) is 0 Å². The Kier molecular flexibility index (Phi) is 4.57. The molecule has 1 saturated carbocycles. The highest BCUT2D eigenvalue weighted by molar-refractivity contribution is 5.85. The van der Waals surface area contributed by atoms with E-state index in [1.165, 1.54) is 13.3 Å². The molecule has 1 fully saturated rings. The fraction of sp³-hybridized carbons (Fsp3) is 0.875. The Morgan fingerprint density at radius 2 is 1.83 bits per heavy atom. The molecule has 1 aliphatic rings. The molecule has 0 aromatic carbocycles. The number of carbonyl (C=O) groups excluding carboxylic acids is 1. The molecule has 0 aromatic heterocycles. The van der Waals surface area contributed by atoms with Gasteiger partial charge in [-0.05, 0) is 12.8 Å². The van der Waals surface area contributed by atoms with E-state index in [9.17, 15) is 4.79 Å². The van der Waals surface area contributed by atoms with Crippen molar-refractivity contribution in [1.82, 2.24) is 0 Å². The van der Waals surface area contributed by atoms with Gasteiger partial charge in [0.15, 0.2) is 5.72 Å². The maximum atomic E-state index is 10.6. The standard InChI is InChI=1S/C8H15NO2.ClH/c1-7(10)11-8(9)5-3-2-4-6-8;/h2-6,9H2,1H3;1H. The van der Waals surface area contributed by atoms with E-state index in [0.717, 1.165) is 25.7 Å². The zero-order valence-electron chi connectivity index (χ0n) is 7.34. The van der Waals surface area contributed by atoms with E-state index in [1.807, 2.05) is 0 Å². The van der Waals surface area contributed by atoms with E-state index >= 15 is 0 Å². The molecule has 12 heavy (non-hydrogen) atoms. The van der Waals surface area contributed by atoms with Gasteiger partial charge in [0.2, 0.25) is 0 Å². The van der Waals surface area contributed by atoms with Gasteiger partial charge in [0, 0.05) is 19.8 Å². The number of rotatable bonds is 1. The quantitative estimate of drug-likeness (QED) is 0.508. The van der Waals surface area contributed by atoms with Gasteiger partial charge in [0.25, 0.3) is 0 Å². The number of esters is 1. The molecule has 0 bridgehead atoms. The van der Waals surface area contributed by atoms with Crippen LogP contribution in [-0.4, -0.2) is 11.7 Å². The van der Waals surface area contributed by atoms with Crippen molar-refractivity contribution in [2.24, 2.45) is 5.73 Å². The fourth-order valence-electron chi connectivity index (χ4n) is 1.54. The lowest BCUT2D eigenvalue weighted by molar-refractivity contribution is -0.159. The average molecular weight is 194 g/mol. The van der Waals surface area contributed by atoms with E-state index in [-0.39, 0.29) is 18.4 Å². The van der Waals surface area contributed by atoms with Gasteiger partial charge in [-0.2, -0.15) is 0 Å². The maximum Gasteiger partial charge on any atom is 0.304 e. The van der Waals surface area contributed by atoms with Crippen LogP contribution in [0.15, 0.2) is 0 Å². The van der Waals surface area contributed by atoms with E-state index in [2.05, 4.69) is 0 Å². The Morgan fingerprint density at radius 1 is 1.33 bits per heavy atom. The molecule has 4 heteroatoms. The van der Waals surface area contributed by atoms with Gasteiger partial charge in [0.1, 0.15) is 0 Å². The molecule has 0 heterocycles. The molecule has 0 atom stereocenters. The highest BCUT2D eigenvalue weighted by Gasteiger charge is 2.29. The van der Waals surface area contributed by atoms with Crippen LogP contribution in [-0.2, 0) is 9.53 Å².